The number of rotatable bonds is 5. The molecule has 0 aromatic heterocycles. The fraction of sp³-hybridized carbons (Fsp3) is 0.611. The van der Waals surface area contributed by atoms with Crippen molar-refractivity contribution in [2.45, 2.75) is 44.1 Å². The SMILES string of the molecule is Cl.Cl.c1ccc2c(c1)NC(SCCCCN1CCCC1)=NC21CC1. The van der Waals surface area contributed by atoms with Crippen LogP contribution in [0, 0.1) is 0 Å². The summed E-state index contributed by atoms with van der Waals surface area (Å²) in [7, 11) is 0. The summed E-state index contributed by atoms with van der Waals surface area (Å²) < 4.78 is 0. The molecule has 6 heteroatoms. The Hall–Kier alpha value is -0.420. The Labute approximate surface area is 161 Å². The van der Waals surface area contributed by atoms with E-state index in [1.54, 1.807) is 0 Å². The number of aliphatic imine (C=N–C) groups is 1. The molecule has 1 aromatic carbocycles. The first-order valence-corrected chi connectivity index (χ1v) is 9.66. The molecule has 2 fully saturated rings. The van der Waals surface area contributed by atoms with Gasteiger partial charge in [-0.15, -0.1) is 24.8 Å². The molecular formula is C18H27Cl2N3S. The predicted octanol–water partition coefficient (Wildman–Crippen LogP) is 4.91. The molecule has 1 saturated heterocycles. The number of unbranched alkanes of at least 4 members (excludes halogenated alkanes) is 1. The highest BCUT2D eigenvalue weighted by Gasteiger charge is 2.47. The number of nitrogens with one attached hydrogen (secondary N) is 1. The third kappa shape index (κ3) is 4.40. The molecule has 0 amide bonds. The Bertz CT molecular complexity index is 569. The molecule has 1 aliphatic carbocycles. The second-order valence-electron chi connectivity index (χ2n) is 6.72. The summed E-state index contributed by atoms with van der Waals surface area (Å²) in [5, 5.41) is 4.66. The van der Waals surface area contributed by atoms with Crippen molar-refractivity contribution in [2.24, 2.45) is 4.99 Å². The van der Waals surface area contributed by atoms with E-state index in [1.165, 1.54) is 75.2 Å². The topological polar surface area (TPSA) is 27.6 Å². The maximum Gasteiger partial charge on any atom is 0.161 e. The van der Waals surface area contributed by atoms with E-state index >= 15 is 0 Å². The minimum absolute atomic E-state index is 0. The van der Waals surface area contributed by atoms with Crippen LogP contribution in [0.2, 0.25) is 0 Å². The van der Waals surface area contributed by atoms with E-state index in [2.05, 4.69) is 34.5 Å². The number of amidine groups is 1. The van der Waals surface area contributed by atoms with Crippen LogP contribution >= 0.6 is 36.6 Å². The average molecular weight is 388 g/mol. The summed E-state index contributed by atoms with van der Waals surface area (Å²) in [6.45, 7) is 3.93. The van der Waals surface area contributed by atoms with E-state index in [-0.39, 0.29) is 30.4 Å². The highest BCUT2D eigenvalue weighted by atomic mass is 35.5. The summed E-state index contributed by atoms with van der Waals surface area (Å²) in [5.74, 6) is 1.18. The molecular weight excluding hydrogens is 361 g/mol. The van der Waals surface area contributed by atoms with E-state index in [0.29, 0.717) is 0 Å². The number of para-hydroxylation sites is 1. The molecule has 2 heterocycles. The third-order valence-corrected chi connectivity index (χ3v) is 5.97. The van der Waals surface area contributed by atoms with Gasteiger partial charge in [0.05, 0.1) is 5.54 Å². The van der Waals surface area contributed by atoms with Crippen molar-refractivity contribution in [2.75, 3.05) is 30.7 Å². The largest absolute Gasteiger partial charge is 0.335 e. The minimum Gasteiger partial charge on any atom is -0.335 e. The number of fused-ring (bicyclic) bond motifs is 2. The van der Waals surface area contributed by atoms with Crippen molar-refractivity contribution in [1.82, 2.24) is 4.90 Å². The van der Waals surface area contributed by atoms with Gasteiger partial charge in [0.2, 0.25) is 0 Å². The molecule has 3 nitrogen and oxygen atoms in total. The van der Waals surface area contributed by atoms with E-state index in [4.69, 9.17) is 4.99 Å². The maximum atomic E-state index is 5.00. The van der Waals surface area contributed by atoms with Crippen molar-refractivity contribution >= 4 is 47.4 Å². The first-order chi connectivity index (χ1) is 10.9. The molecule has 2 aliphatic heterocycles. The molecule has 4 rings (SSSR count). The van der Waals surface area contributed by atoms with Crippen LogP contribution in [0.3, 0.4) is 0 Å². The van der Waals surface area contributed by atoms with Crippen LogP contribution in [0.1, 0.15) is 44.1 Å². The molecule has 0 unspecified atom stereocenters. The quantitative estimate of drug-likeness (QED) is 0.727. The Balaban J connectivity index is 0.00000104. The van der Waals surface area contributed by atoms with Gasteiger partial charge in [-0.2, -0.15) is 0 Å². The van der Waals surface area contributed by atoms with E-state index < -0.39 is 0 Å². The zero-order valence-electron chi connectivity index (χ0n) is 14.0. The molecule has 0 atom stereocenters. The first kappa shape index (κ1) is 19.9. The van der Waals surface area contributed by atoms with Gasteiger partial charge in [-0.25, -0.2) is 0 Å². The summed E-state index contributed by atoms with van der Waals surface area (Å²) in [6, 6.07) is 8.67. The Morgan fingerprint density at radius 2 is 1.83 bits per heavy atom. The van der Waals surface area contributed by atoms with Crippen LogP contribution in [0.15, 0.2) is 29.3 Å². The molecule has 1 spiro atoms. The highest BCUT2D eigenvalue weighted by Crippen LogP contribution is 2.54. The number of thioether (sulfide) groups is 1. The van der Waals surface area contributed by atoms with Crippen LogP contribution in [-0.4, -0.2) is 35.5 Å². The van der Waals surface area contributed by atoms with Crippen LogP contribution in [0.5, 0.6) is 0 Å². The molecule has 24 heavy (non-hydrogen) atoms. The zero-order chi connectivity index (χ0) is 14.8. The van der Waals surface area contributed by atoms with Crippen LogP contribution in [0.4, 0.5) is 5.69 Å². The van der Waals surface area contributed by atoms with Gasteiger partial charge in [0.15, 0.2) is 5.17 Å². The highest BCUT2D eigenvalue weighted by molar-refractivity contribution is 8.14. The van der Waals surface area contributed by atoms with Crippen LogP contribution < -0.4 is 5.32 Å². The third-order valence-electron chi connectivity index (χ3n) is 5.02. The van der Waals surface area contributed by atoms with Crippen molar-refractivity contribution in [3.8, 4) is 0 Å². The normalized spacial score (nSPS) is 20.4. The summed E-state index contributed by atoms with van der Waals surface area (Å²) in [6.07, 6.45) is 7.84. The summed E-state index contributed by atoms with van der Waals surface area (Å²) in [4.78, 5) is 7.61. The number of hydrogen-bond acceptors (Lipinski definition) is 4. The average Bonchev–Trinajstić information content (AvgIpc) is 3.10. The standard InChI is InChI=1S/C18H25N3S.2ClH/c1-2-8-16-15(7-1)18(9-10-18)20-17(19-16)22-14-6-5-13-21-11-3-4-12-21;;/h1-2,7-8H,3-6,9-14H2,(H,19,20);2*1H. The fourth-order valence-corrected chi connectivity index (χ4v) is 4.54. The zero-order valence-corrected chi connectivity index (χ0v) is 16.4. The lowest BCUT2D eigenvalue weighted by Crippen LogP contribution is -2.22. The van der Waals surface area contributed by atoms with Crippen LogP contribution in [-0.2, 0) is 5.54 Å². The Morgan fingerprint density at radius 1 is 1.08 bits per heavy atom. The molecule has 134 valence electrons. The van der Waals surface area contributed by atoms with Crippen molar-refractivity contribution in [1.29, 1.82) is 0 Å². The molecule has 1 saturated carbocycles. The number of anilines is 1. The maximum absolute atomic E-state index is 5.00. The monoisotopic (exact) mass is 387 g/mol. The molecule has 1 aromatic rings. The van der Waals surface area contributed by atoms with Crippen molar-refractivity contribution in [3.05, 3.63) is 29.8 Å². The van der Waals surface area contributed by atoms with E-state index in [1.807, 2.05) is 11.8 Å². The molecule has 3 aliphatic rings. The lowest BCUT2D eigenvalue weighted by atomic mass is 10.0. The Kier molecular flexibility index (Phi) is 7.29. The lowest BCUT2D eigenvalue weighted by molar-refractivity contribution is 0.333. The summed E-state index contributed by atoms with van der Waals surface area (Å²) in [5.41, 5.74) is 2.79. The summed E-state index contributed by atoms with van der Waals surface area (Å²) >= 11 is 1.91. The molecule has 1 N–H and O–H groups in total. The van der Waals surface area contributed by atoms with Crippen molar-refractivity contribution in [3.63, 3.8) is 0 Å². The predicted molar refractivity (Wildman–Crippen MR) is 110 cm³/mol. The minimum atomic E-state index is 0. The Morgan fingerprint density at radius 3 is 2.58 bits per heavy atom. The number of hydrogen-bond donors (Lipinski definition) is 1. The van der Waals surface area contributed by atoms with Gasteiger partial charge in [0, 0.05) is 17.0 Å². The first-order valence-electron chi connectivity index (χ1n) is 8.67. The smallest absolute Gasteiger partial charge is 0.161 e. The number of halogens is 2. The van der Waals surface area contributed by atoms with Gasteiger partial charge in [0.25, 0.3) is 0 Å². The van der Waals surface area contributed by atoms with Gasteiger partial charge in [-0.3, -0.25) is 4.99 Å². The second kappa shape index (κ2) is 8.79. The lowest BCUT2D eigenvalue weighted by Gasteiger charge is -2.24. The van der Waals surface area contributed by atoms with Gasteiger partial charge < -0.3 is 10.2 Å². The molecule has 0 bridgehead atoms. The number of nitrogens with zero attached hydrogens (tertiary/aromatic N) is 2. The van der Waals surface area contributed by atoms with E-state index in [9.17, 15) is 0 Å². The van der Waals surface area contributed by atoms with Gasteiger partial charge >= 0.3 is 0 Å². The van der Waals surface area contributed by atoms with Crippen molar-refractivity contribution < 1.29 is 0 Å². The number of benzene rings is 1. The van der Waals surface area contributed by atoms with E-state index in [0.717, 1.165) is 5.17 Å². The van der Waals surface area contributed by atoms with Gasteiger partial charge in [-0.05, 0) is 64.2 Å². The number of likely N-dealkylation sites (tertiary alicyclic amines) is 1. The second-order valence-corrected chi connectivity index (χ2v) is 7.81. The molecule has 0 radical (unpaired) electrons. The van der Waals surface area contributed by atoms with Gasteiger partial charge in [-0.1, -0.05) is 30.0 Å². The van der Waals surface area contributed by atoms with Crippen LogP contribution in [0.25, 0.3) is 0 Å². The fourth-order valence-electron chi connectivity index (χ4n) is 3.58. The van der Waals surface area contributed by atoms with Gasteiger partial charge in [0.1, 0.15) is 0 Å².